The Hall–Kier alpha value is -2.65. The SMILES string of the molecule is C[C@@H]1CN(C(C)(C)CCC(C#N)C(=O)N2CCCC[C@@H](OC(=O)N[C@@H](CCc3ccccc3)B(O)O)C2)C[C@H](C)O1. The summed E-state index contributed by atoms with van der Waals surface area (Å²) in [5.74, 6) is -1.89. The Bertz CT molecular complexity index is 1010. The van der Waals surface area contributed by atoms with E-state index in [1.807, 2.05) is 30.3 Å². The molecule has 2 aliphatic rings. The fraction of sp³-hybridized carbons (Fsp3) is 0.700. The third kappa shape index (κ3) is 10.3. The molecule has 0 aliphatic carbocycles. The van der Waals surface area contributed by atoms with E-state index in [2.05, 4.69) is 44.0 Å². The van der Waals surface area contributed by atoms with Crippen LogP contribution in [0.1, 0.15) is 71.8 Å². The lowest BCUT2D eigenvalue weighted by Crippen LogP contribution is -2.55. The van der Waals surface area contributed by atoms with Crippen molar-refractivity contribution in [3.8, 4) is 6.07 Å². The Morgan fingerprint density at radius 3 is 2.46 bits per heavy atom. The van der Waals surface area contributed by atoms with Crippen LogP contribution in [0.15, 0.2) is 30.3 Å². The summed E-state index contributed by atoms with van der Waals surface area (Å²) in [5.41, 5.74) is 0.842. The van der Waals surface area contributed by atoms with E-state index in [4.69, 9.17) is 9.47 Å². The topological polar surface area (TPSA) is 135 Å². The zero-order valence-corrected chi connectivity index (χ0v) is 25.0. The summed E-state index contributed by atoms with van der Waals surface area (Å²) in [6.07, 6.45) is 3.14. The van der Waals surface area contributed by atoms with Crippen molar-refractivity contribution in [3.63, 3.8) is 0 Å². The molecule has 11 heteroatoms. The van der Waals surface area contributed by atoms with E-state index >= 15 is 0 Å². The Morgan fingerprint density at radius 1 is 1.15 bits per heavy atom. The van der Waals surface area contributed by atoms with Crippen molar-refractivity contribution in [1.29, 1.82) is 5.26 Å². The molecule has 2 heterocycles. The third-order valence-corrected chi connectivity index (χ3v) is 8.24. The molecule has 0 saturated carbocycles. The average molecular weight is 571 g/mol. The van der Waals surface area contributed by atoms with Gasteiger partial charge in [0.15, 0.2) is 0 Å². The number of alkyl carbamates (subject to hydrolysis) is 1. The molecule has 2 aliphatic heterocycles. The zero-order chi connectivity index (χ0) is 30.0. The highest BCUT2D eigenvalue weighted by Gasteiger charge is 2.36. The van der Waals surface area contributed by atoms with E-state index in [1.165, 1.54) is 0 Å². The Morgan fingerprint density at radius 2 is 1.83 bits per heavy atom. The van der Waals surface area contributed by atoms with Gasteiger partial charge in [0, 0.05) is 25.2 Å². The van der Waals surface area contributed by atoms with E-state index in [1.54, 1.807) is 4.90 Å². The van der Waals surface area contributed by atoms with Crippen molar-refractivity contribution >= 4 is 19.1 Å². The van der Waals surface area contributed by atoms with Crippen molar-refractivity contribution in [2.75, 3.05) is 26.2 Å². The number of benzene rings is 1. The molecule has 226 valence electrons. The minimum atomic E-state index is -1.73. The first-order valence-corrected chi connectivity index (χ1v) is 14.9. The Kier molecular flexibility index (Phi) is 12.5. The number of hydrogen-bond acceptors (Lipinski definition) is 8. The first-order valence-electron chi connectivity index (χ1n) is 14.9. The molecule has 0 bridgehead atoms. The molecule has 5 atom stereocenters. The molecule has 0 spiro atoms. The largest absolute Gasteiger partial charge is 0.475 e. The number of carbonyl (C=O) groups is 2. The van der Waals surface area contributed by atoms with Crippen molar-refractivity contribution in [2.45, 2.75) is 102 Å². The maximum atomic E-state index is 13.4. The highest BCUT2D eigenvalue weighted by molar-refractivity contribution is 6.43. The summed E-state index contributed by atoms with van der Waals surface area (Å²) in [4.78, 5) is 30.2. The van der Waals surface area contributed by atoms with Gasteiger partial charge in [-0.1, -0.05) is 30.3 Å². The van der Waals surface area contributed by atoms with Gasteiger partial charge in [-0.3, -0.25) is 9.69 Å². The van der Waals surface area contributed by atoms with E-state index in [9.17, 15) is 24.9 Å². The maximum Gasteiger partial charge on any atom is 0.475 e. The summed E-state index contributed by atoms with van der Waals surface area (Å²) in [5, 5.41) is 32.1. The molecule has 0 radical (unpaired) electrons. The Labute approximate surface area is 245 Å². The smallest absolute Gasteiger partial charge is 0.444 e. The molecule has 1 aromatic rings. The van der Waals surface area contributed by atoms with Gasteiger partial charge in [0.2, 0.25) is 5.91 Å². The minimum Gasteiger partial charge on any atom is -0.444 e. The third-order valence-electron chi connectivity index (χ3n) is 8.24. The number of aryl methyl sites for hydroxylation is 1. The number of nitrogens with one attached hydrogen (secondary N) is 1. The summed E-state index contributed by atoms with van der Waals surface area (Å²) in [6, 6.07) is 11.8. The molecule has 2 amide bonds. The zero-order valence-electron chi connectivity index (χ0n) is 25.0. The molecule has 1 aromatic carbocycles. The first kappa shape index (κ1) is 32.9. The van der Waals surface area contributed by atoms with Gasteiger partial charge in [0.25, 0.3) is 0 Å². The minimum absolute atomic E-state index is 0.137. The lowest BCUT2D eigenvalue weighted by molar-refractivity contribution is -0.135. The molecular formula is C30H47BN4O6. The quantitative estimate of drug-likeness (QED) is 0.346. The van der Waals surface area contributed by atoms with Gasteiger partial charge in [0.1, 0.15) is 12.0 Å². The second-order valence-corrected chi connectivity index (χ2v) is 12.2. The van der Waals surface area contributed by atoms with Crippen LogP contribution in [0.2, 0.25) is 0 Å². The molecule has 41 heavy (non-hydrogen) atoms. The molecule has 3 rings (SSSR count). The number of carbonyl (C=O) groups excluding carboxylic acids is 2. The van der Waals surface area contributed by atoms with E-state index in [0.717, 1.165) is 31.5 Å². The highest BCUT2D eigenvalue weighted by Crippen LogP contribution is 2.28. The van der Waals surface area contributed by atoms with E-state index < -0.39 is 31.2 Å². The number of amides is 2. The summed E-state index contributed by atoms with van der Waals surface area (Å²) in [7, 11) is -1.73. The van der Waals surface area contributed by atoms with Gasteiger partial charge in [-0.05, 0) is 78.2 Å². The first-order chi connectivity index (χ1) is 19.5. The molecule has 1 unspecified atom stereocenters. The van der Waals surface area contributed by atoms with Gasteiger partial charge in [-0.2, -0.15) is 5.26 Å². The number of morpholine rings is 1. The van der Waals surface area contributed by atoms with Gasteiger partial charge < -0.3 is 29.7 Å². The van der Waals surface area contributed by atoms with Gasteiger partial charge >= 0.3 is 13.2 Å². The van der Waals surface area contributed by atoms with Crippen LogP contribution >= 0.6 is 0 Å². The summed E-state index contributed by atoms with van der Waals surface area (Å²) in [6.45, 7) is 10.8. The van der Waals surface area contributed by atoms with Crippen molar-refractivity contribution < 1.29 is 29.1 Å². The normalized spacial score (nSPS) is 23.5. The lowest BCUT2D eigenvalue weighted by Gasteiger charge is -2.45. The van der Waals surface area contributed by atoms with Gasteiger partial charge in [-0.15, -0.1) is 0 Å². The number of nitrogens with zero attached hydrogens (tertiary/aromatic N) is 3. The fourth-order valence-corrected chi connectivity index (χ4v) is 5.79. The predicted octanol–water partition coefficient (Wildman–Crippen LogP) is 2.91. The Balaban J connectivity index is 1.53. The van der Waals surface area contributed by atoms with Crippen molar-refractivity contribution in [3.05, 3.63) is 35.9 Å². The standard InChI is InChI=1S/C30H47BN4O6/c1-22-19-35(20-23(2)40-22)30(3,4)16-15-25(18-32)28(36)34-17-9-8-12-26(21-34)41-29(37)33-27(31(38)39)14-13-24-10-6-5-7-11-24/h5-7,10-11,22-23,25-27,38-39H,8-9,12-17,19-21H2,1-4H3,(H,33,37)/t22-,23+,25?,26-,27+/m1/s1. The van der Waals surface area contributed by atoms with Gasteiger partial charge in [-0.25, -0.2) is 4.79 Å². The molecule has 3 N–H and O–H groups in total. The monoisotopic (exact) mass is 570 g/mol. The fourth-order valence-electron chi connectivity index (χ4n) is 5.79. The second kappa shape index (κ2) is 15.5. The number of nitriles is 1. The van der Waals surface area contributed by atoms with Gasteiger partial charge in [0.05, 0.1) is 30.8 Å². The maximum absolute atomic E-state index is 13.4. The van der Waals surface area contributed by atoms with E-state index in [0.29, 0.717) is 38.6 Å². The average Bonchev–Trinajstić information content (AvgIpc) is 3.16. The number of ether oxygens (including phenoxy) is 2. The van der Waals surface area contributed by atoms with Crippen LogP contribution in [0.5, 0.6) is 0 Å². The van der Waals surface area contributed by atoms with Crippen LogP contribution in [0.25, 0.3) is 0 Å². The van der Waals surface area contributed by atoms with Crippen molar-refractivity contribution in [1.82, 2.24) is 15.1 Å². The number of hydrogen-bond donors (Lipinski definition) is 3. The molecule has 2 fully saturated rings. The van der Waals surface area contributed by atoms with Crippen LogP contribution < -0.4 is 5.32 Å². The summed E-state index contributed by atoms with van der Waals surface area (Å²) < 4.78 is 11.5. The highest BCUT2D eigenvalue weighted by atomic mass is 16.6. The van der Waals surface area contributed by atoms with Crippen LogP contribution in [0, 0.1) is 17.2 Å². The van der Waals surface area contributed by atoms with Crippen LogP contribution in [0.4, 0.5) is 4.79 Å². The summed E-state index contributed by atoms with van der Waals surface area (Å²) >= 11 is 0. The predicted molar refractivity (Wildman–Crippen MR) is 157 cm³/mol. The lowest BCUT2D eigenvalue weighted by atomic mass is 9.76. The van der Waals surface area contributed by atoms with Crippen LogP contribution in [-0.2, 0) is 20.7 Å². The van der Waals surface area contributed by atoms with Crippen LogP contribution in [-0.4, -0.2) is 94.9 Å². The van der Waals surface area contributed by atoms with Crippen LogP contribution in [0.3, 0.4) is 0 Å². The number of rotatable bonds is 11. The molecule has 10 nitrogen and oxygen atoms in total. The van der Waals surface area contributed by atoms with E-state index in [-0.39, 0.29) is 30.2 Å². The molecule has 2 saturated heterocycles. The molecule has 0 aromatic heterocycles. The van der Waals surface area contributed by atoms with Crippen molar-refractivity contribution in [2.24, 2.45) is 5.92 Å². The second-order valence-electron chi connectivity index (χ2n) is 12.2. The molecular weight excluding hydrogens is 523 g/mol. The number of likely N-dealkylation sites (tertiary alicyclic amines) is 1.